The van der Waals surface area contributed by atoms with Gasteiger partial charge in [-0.3, -0.25) is 14.2 Å². The van der Waals surface area contributed by atoms with Crippen LogP contribution in [0.4, 0.5) is 5.82 Å². The van der Waals surface area contributed by atoms with Crippen molar-refractivity contribution in [2.45, 2.75) is 38.3 Å². The van der Waals surface area contributed by atoms with Crippen LogP contribution in [-0.2, 0) is 6.54 Å². The minimum atomic E-state index is 0.449. The zero-order valence-electron chi connectivity index (χ0n) is 23.6. The average Bonchev–Trinajstić information content (AvgIpc) is 3.39. The zero-order valence-corrected chi connectivity index (χ0v) is 24.4. The van der Waals surface area contributed by atoms with Crippen LogP contribution in [0.25, 0.3) is 39.5 Å². The number of benzene rings is 2. The third-order valence-electron chi connectivity index (χ3n) is 8.74. The lowest BCUT2D eigenvalue weighted by molar-refractivity contribution is -0.0371. The van der Waals surface area contributed by atoms with Gasteiger partial charge in [-0.05, 0) is 78.5 Å². The first kappa shape index (κ1) is 26.9. The van der Waals surface area contributed by atoms with Gasteiger partial charge in [-0.1, -0.05) is 61.0 Å². The third kappa shape index (κ3) is 5.22. The molecule has 2 fully saturated rings. The standard InChI is InChI=1S/C34H35N7S/c1-2-42-39-26-16-18-34(19-17-26)22-40(23-34)21-24-10-12-27(13-11-24)41-32(28-9-6-20-36-31(28)35)38-30-15-14-29(37-33(30)41)25-7-4-3-5-8-25/h2-15,20,26,39H,1,16-19,21-23H2,(H2,35,36). The summed E-state index contributed by atoms with van der Waals surface area (Å²) in [5, 5.41) is 1.88. The summed E-state index contributed by atoms with van der Waals surface area (Å²) in [6.07, 6.45) is 6.84. The Bertz CT molecular complexity index is 1700. The van der Waals surface area contributed by atoms with Crippen LogP contribution in [0.1, 0.15) is 31.2 Å². The van der Waals surface area contributed by atoms with Crippen molar-refractivity contribution in [3.8, 4) is 28.3 Å². The predicted octanol–water partition coefficient (Wildman–Crippen LogP) is 6.86. The summed E-state index contributed by atoms with van der Waals surface area (Å²) in [7, 11) is 0. The Morgan fingerprint density at radius 2 is 1.74 bits per heavy atom. The van der Waals surface area contributed by atoms with Gasteiger partial charge in [-0.2, -0.15) is 0 Å². The number of aromatic nitrogens is 4. The molecule has 1 saturated carbocycles. The van der Waals surface area contributed by atoms with E-state index in [1.165, 1.54) is 44.3 Å². The van der Waals surface area contributed by atoms with Gasteiger partial charge in [0.15, 0.2) is 11.5 Å². The Morgan fingerprint density at radius 1 is 0.952 bits per heavy atom. The van der Waals surface area contributed by atoms with Gasteiger partial charge in [0.05, 0.1) is 11.3 Å². The highest BCUT2D eigenvalue weighted by Crippen LogP contribution is 2.44. The smallest absolute Gasteiger partial charge is 0.165 e. The molecule has 212 valence electrons. The summed E-state index contributed by atoms with van der Waals surface area (Å²) < 4.78 is 5.63. The van der Waals surface area contributed by atoms with E-state index in [2.05, 4.69) is 62.2 Å². The number of rotatable bonds is 8. The minimum absolute atomic E-state index is 0.449. The maximum absolute atomic E-state index is 6.33. The molecule has 42 heavy (non-hydrogen) atoms. The van der Waals surface area contributed by atoms with Gasteiger partial charge in [0, 0.05) is 43.1 Å². The van der Waals surface area contributed by atoms with E-state index in [4.69, 9.17) is 15.7 Å². The molecule has 5 aromatic rings. The van der Waals surface area contributed by atoms with E-state index in [1.807, 2.05) is 47.9 Å². The first-order chi connectivity index (χ1) is 20.6. The molecule has 0 radical (unpaired) electrons. The van der Waals surface area contributed by atoms with E-state index in [9.17, 15) is 0 Å². The van der Waals surface area contributed by atoms with E-state index < -0.39 is 0 Å². The van der Waals surface area contributed by atoms with Gasteiger partial charge < -0.3 is 5.73 Å². The Labute approximate surface area is 251 Å². The highest BCUT2D eigenvalue weighted by atomic mass is 32.2. The number of fused-ring (bicyclic) bond motifs is 1. The van der Waals surface area contributed by atoms with Gasteiger partial charge in [-0.15, -0.1) is 0 Å². The molecule has 3 aromatic heterocycles. The molecule has 1 spiro atoms. The van der Waals surface area contributed by atoms with Crippen LogP contribution in [0.5, 0.6) is 0 Å². The molecule has 1 aliphatic heterocycles. The lowest BCUT2D eigenvalue weighted by Gasteiger charge is -2.53. The fourth-order valence-electron chi connectivity index (χ4n) is 6.59. The molecule has 2 aliphatic rings. The zero-order chi connectivity index (χ0) is 28.5. The van der Waals surface area contributed by atoms with E-state index in [1.54, 1.807) is 18.1 Å². The second-order valence-corrected chi connectivity index (χ2v) is 12.4. The van der Waals surface area contributed by atoms with Gasteiger partial charge in [0.1, 0.15) is 11.3 Å². The number of anilines is 1. The number of hydrogen-bond donors (Lipinski definition) is 2. The molecule has 0 atom stereocenters. The minimum Gasteiger partial charge on any atom is -0.383 e. The number of likely N-dealkylation sites (tertiary alicyclic amines) is 1. The van der Waals surface area contributed by atoms with Crippen LogP contribution in [0.2, 0.25) is 0 Å². The highest BCUT2D eigenvalue weighted by molar-refractivity contribution is 8.00. The Balaban J connectivity index is 1.14. The molecule has 1 aliphatic carbocycles. The molecule has 8 heteroatoms. The van der Waals surface area contributed by atoms with Crippen LogP contribution < -0.4 is 10.5 Å². The normalized spacial score (nSPS) is 17.0. The fourth-order valence-corrected chi connectivity index (χ4v) is 7.11. The average molecular weight is 574 g/mol. The van der Waals surface area contributed by atoms with Gasteiger partial charge >= 0.3 is 0 Å². The largest absolute Gasteiger partial charge is 0.383 e. The second-order valence-electron chi connectivity index (χ2n) is 11.6. The van der Waals surface area contributed by atoms with Gasteiger partial charge in [0.2, 0.25) is 0 Å². The number of nitrogens with zero attached hydrogens (tertiary/aromatic N) is 5. The van der Waals surface area contributed by atoms with Crippen molar-refractivity contribution < 1.29 is 0 Å². The van der Waals surface area contributed by atoms with E-state index in [0.717, 1.165) is 46.0 Å². The van der Waals surface area contributed by atoms with E-state index in [-0.39, 0.29) is 0 Å². The number of hydrogen-bond acceptors (Lipinski definition) is 7. The number of pyridine rings is 2. The first-order valence-corrected chi connectivity index (χ1v) is 15.5. The summed E-state index contributed by atoms with van der Waals surface area (Å²) in [6, 6.07) is 27.6. The summed E-state index contributed by atoms with van der Waals surface area (Å²) in [5.41, 5.74) is 13.5. The van der Waals surface area contributed by atoms with E-state index >= 15 is 0 Å². The monoisotopic (exact) mass is 573 g/mol. The van der Waals surface area contributed by atoms with Crippen molar-refractivity contribution >= 4 is 28.9 Å². The molecule has 7 rings (SSSR count). The second kappa shape index (κ2) is 11.4. The summed E-state index contributed by atoms with van der Waals surface area (Å²) in [5.74, 6) is 1.19. The molecule has 2 aromatic carbocycles. The number of imidazole rings is 1. The SMILES string of the molecule is C=CSNC1CCC2(CC1)CN(Cc1ccc(-n3c(-c4cccnc4N)nc4ccc(-c5ccccc5)nc43)cc1)C2. The van der Waals surface area contributed by atoms with Crippen molar-refractivity contribution in [2.24, 2.45) is 5.41 Å². The van der Waals surface area contributed by atoms with Gasteiger partial charge in [-0.25, -0.2) is 15.0 Å². The molecule has 7 nitrogen and oxygen atoms in total. The Hall–Kier alpha value is -3.98. The molecule has 4 heterocycles. The number of nitrogen functional groups attached to an aromatic ring is 1. The van der Waals surface area contributed by atoms with Crippen LogP contribution >= 0.6 is 11.9 Å². The molecule has 3 N–H and O–H groups in total. The maximum atomic E-state index is 6.33. The maximum Gasteiger partial charge on any atom is 0.165 e. The number of nitrogens with two attached hydrogens (primary N) is 1. The van der Waals surface area contributed by atoms with Crippen molar-refractivity contribution in [3.05, 3.63) is 103 Å². The fraction of sp³-hybridized carbons (Fsp3) is 0.265. The third-order valence-corrected chi connectivity index (χ3v) is 9.37. The van der Waals surface area contributed by atoms with E-state index in [0.29, 0.717) is 17.3 Å². The van der Waals surface area contributed by atoms with Crippen molar-refractivity contribution in [1.29, 1.82) is 0 Å². The van der Waals surface area contributed by atoms with Crippen LogP contribution in [0.15, 0.2) is 97.0 Å². The summed E-state index contributed by atoms with van der Waals surface area (Å²) in [6.45, 7) is 7.16. The molecule has 0 unspecified atom stereocenters. The first-order valence-electron chi connectivity index (χ1n) is 14.6. The van der Waals surface area contributed by atoms with Gasteiger partial charge in [0.25, 0.3) is 0 Å². The van der Waals surface area contributed by atoms with Crippen molar-refractivity contribution in [2.75, 3.05) is 18.8 Å². The van der Waals surface area contributed by atoms with Crippen LogP contribution in [0, 0.1) is 5.41 Å². The summed E-state index contributed by atoms with van der Waals surface area (Å²) in [4.78, 5) is 17.0. The lowest BCUT2D eigenvalue weighted by Crippen LogP contribution is -2.57. The molecule has 0 amide bonds. The van der Waals surface area contributed by atoms with Crippen molar-refractivity contribution in [1.82, 2.24) is 29.1 Å². The topological polar surface area (TPSA) is 84.9 Å². The predicted molar refractivity (Wildman–Crippen MR) is 173 cm³/mol. The Kier molecular flexibility index (Phi) is 7.27. The molecule has 0 bridgehead atoms. The molecular formula is C34H35N7S. The lowest BCUT2D eigenvalue weighted by atomic mass is 9.67. The van der Waals surface area contributed by atoms with Crippen molar-refractivity contribution in [3.63, 3.8) is 0 Å². The molecular weight excluding hydrogens is 538 g/mol. The number of nitrogens with one attached hydrogen (secondary N) is 1. The van der Waals surface area contributed by atoms with Crippen LogP contribution in [-0.4, -0.2) is 43.6 Å². The molecule has 1 saturated heterocycles. The summed E-state index contributed by atoms with van der Waals surface area (Å²) >= 11 is 1.63. The quantitative estimate of drug-likeness (QED) is 0.196. The van der Waals surface area contributed by atoms with Crippen LogP contribution in [0.3, 0.4) is 0 Å². The highest BCUT2D eigenvalue weighted by Gasteiger charge is 2.44. The Morgan fingerprint density at radius 3 is 2.48 bits per heavy atom.